The third-order valence-corrected chi connectivity index (χ3v) is 6.34. The molecule has 0 spiro atoms. The van der Waals surface area contributed by atoms with Gasteiger partial charge in [0.25, 0.3) is 0 Å². The normalized spacial score (nSPS) is 18.0. The van der Waals surface area contributed by atoms with Crippen molar-refractivity contribution < 1.29 is 16.8 Å². The van der Waals surface area contributed by atoms with Crippen LogP contribution in [0.4, 0.5) is 0 Å². The highest BCUT2D eigenvalue weighted by molar-refractivity contribution is 7.89. The lowest BCUT2D eigenvalue weighted by Crippen LogP contribution is -2.46. The number of nitrogens with one attached hydrogen (secondary N) is 1. The van der Waals surface area contributed by atoms with Gasteiger partial charge < -0.3 is 0 Å². The monoisotopic (exact) mass is 343 g/mol. The van der Waals surface area contributed by atoms with Crippen molar-refractivity contribution in [2.75, 3.05) is 19.3 Å². The van der Waals surface area contributed by atoms with E-state index in [1.165, 1.54) is 28.6 Å². The molecule has 1 N–H and O–H groups in total. The number of rotatable bonds is 4. The molecule has 0 bridgehead atoms. The van der Waals surface area contributed by atoms with Crippen LogP contribution < -0.4 is 4.72 Å². The molecule has 1 heterocycles. The van der Waals surface area contributed by atoms with Crippen molar-refractivity contribution in [3.63, 3.8) is 0 Å². The largest absolute Gasteiger partial charge is 0.240 e. The van der Waals surface area contributed by atoms with Crippen LogP contribution in [0.3, 0.4) is 0 Å². The molecule has 0 atom stereocenters. The van der Waals surface area contributed by atoms with Gasteiger partial charge in [-0.3, -0.25) is 0 Å². The minimum atomic E-state index is -3.71. The molecule has 1 aromatic rings. The average molecular weight is 343 g/mol. The van der Waals surface area contributed by atoms with E-state index in [2.05, 4.69) is 4.72 Å². The zero-order valence-corrected chi connectivity index (χ0v) is 13.7. The van der Waals surface area contributed by atoms with Crippen LogP contribution in [0.5, 0.6) is 0 Å². The molecule has 9 heteroatoms. The first-order valence-corrected chi connectivity index (χ1v) is 10.0. The number of sulfonamides is 2. The van der Waals surface area contributed by atoms with Crippen molar-refractivity contribution in [1.82, 2.24) is 9.03 Å². The van der Waals surface area contributed by atoms with Crippen LogP contribution in [0, 0.1) is 11.3 Å². The fourth-order valence-corrected chi connectivity index (χ4v) is 4.55. The summed E-state index contributed by atoms with van der Waals surface area (Å²) in [7, 11) is -6.95. The van der Waals surface area contributed by atoms with Gasteiger partial charge in [-0.2, -0.15) is 5.26 Å². The van der Waals surface area contributed by atoms with Crippen LogP contribution in [0.25, 0.3) is 0 Å². The lowest BCUT2D eigenvalue weighted by molar-refractivity contribution is 0.310. The number of benzene rings is 1. The van der Waals surface area contributed by atoms with Gasteiger partial charge in [-0.15, -0.1) is 0 Å². The molecule has 1 aliphatic rings. The van der Waals surface area contributed by atoms with Crippen LogP contribution in [0.2, 0.25) is 0 Å². The van der Waals surface area contributed by atoms with Crippen LogP contribution >= 0.6 is 0 Å². The lowest BCUT2D eigenvalue weighted by atomic mass is 10.1. The summed E-state index contributed by atoms with van der Waals surface area (Å²) < 4.78 is 51.4. The van der Waals surface area contributed by atoms with E-state index in [9.17, 15) is 16.8 Å². The smallest absolute Gasteiger partial charge is 0.213 e. The maximum Gasteiger partial charge on any atom is 0.240 e. The molecule has 2 rings (SSSR count). The van der Waals surface area contributed by atoms with Crippen molar-refractivity contribution in [3.8, 4) is 6.07 Å². The predicted molar refractivity (Wildman–Crippen MR) is 80.9 cm³/mol. The van der Waals surface area contributed by atoms with E-state index in [1.54, 1.807) is 0 Å². The molecule has 0 saturated carbocycles. The Hall–Kier alpha value is -1.47. The summed E-state index contributed by atoms with van der Waals surface area (Å²) in [6.07, 6.45) is 1.99. The third kappa shape index (κ3) is 4.04. The minimum Gasteiger partial charge on any atom is -0.213 e. The number of hydrogen-bond donors (Lipinski definition) is 1. The van der Waals surface area contributed by atoms with Gasteiger partial charge in [0.1, 0.15) is 0 Å². The Morgan fingerprint density at radius 3 is 2.41 bits per heavy atom. The molecule has 0 amide bonds. The molecule has 1 aliphatic heterocycles. The molecule has 0 radical (unpaired) electrons. The first-order chi connectivity index (χ1) is 10.2. The van der Waals surface area contributed by atoms with E-state index in [1.807, 2.05) is 6.07 Å². The molecule has 7 nitrogen and oxygen atoms in total. The fraction of sp³-hybridized carbons (Fsp3) is 0.462. The highest BCUT2D eigenvalue weighted by atomic mass is 32.2. The minimum absolute atomic E-state index is 0.0390. The highest BCUT2D eigenvalue weighted by Crippen LogP contribution is 2.17. The maximum absolute atomic E-state index is 12.3. The van der Waals surface area contributed by atoms with E-state index < -0.39 is 20.0 Å². The Balaban J connectivity index is 2.06. The average Bonchev–Trinajstić information content (AvgIpc) is 2.46. The molecule has 1 saturated heterocycles. The Labute approximate surface area is 130 Å². The van der Waals surface area contributed by atoms with E-state index in [0.29, 0.717) is 25.9 Å². The highest BCUT2D eigenvalue weighted by Gasteiger charge is 2.28. The predicted octanol–water partition coefficient (Wildman–Crippen LogP) is 0.261. The quantitative estimate of drug-likeness (QED) is 0.844. The number of nitrogens with zero attached hydrogens (tertiary/aromatic N) is 2. The molecular weight excluding hydrogens is 326 g/mol. The second-order valence-electron chi connectivity index (χ2n) is 5.20. The first kappa shape index (κ1) is 16.9. The van der Waals surface area contributed by atoms with E-state index >= 15 is 0 Å². The maximum atomic E-state index is 12.3. The first-order valence-electron chi connectivity index (χ1n) is 6.70. The van der Waals surface area contributed by atoms with E-state index in [-0.39, 0.29) is 16.5 Å². The Bertz CT molecular complexity index is 789. The number of piperidine rings is 1. The topological polar surface area (TPSA) is 107 Å². The number of nitriles is 1. The summed E-state index contributed by atoms with van der Waals surface area (Å²) in [5.74, 6) is 0. The SMILES string of the molecule is CS(=O)(=O)N1CCC(NS(=O)(=O)c2cccc(C#N)c2)CC1. The second-order valence-corrected chi connectivity index (χ2v) is 8.89. The summed E-state index contributed by atoms with van der Waals surface area (Å²) in [6, 6.07) is 7.37. The molecule has 1 fully saturated rings. The molecule has 120 valence electrons. The standard InChI is InChI=1S/C13H17N3O4S2/c1-21(17,18)16-7-5-12(6-8-16)15-22(19,20)13-4-2-3-11(9-13)10-14/h2-4,9,12,15H,5-8H2,1H3. The summed E-state index contributed by atoms with van der Waals surface area (Å²) in [4.78, 5) is 0.0390. The van der Waals surface area contributed by atoms with Crippen molar-refractivity contribution in [2.24, 2.45) is 0 Å². The fourth-order valence-electron chi connectivity index (χ4n) is 2.33. The van der Waals surface area contributed by atoms with Crippen molar-refractivity contribution in [2.45, 2.75) is 23.8 Å². The van der Waals surface area contributed by atoms with Gasteiger partial charge in [-0.05, 0) is 31.0 Å². The number of hydrogen-bond acceptors (Lipinski definition) is 5. The van der Waals surface area contributed by atoms with Crippen LogP contribution in [-0.2, 0) is 20.0 Å². The molecule has 0 unspecified atom stereocenters. The van der Waals surface area contributed by atoms with Gasteiger partial charge in [-0.25, -0.2) is 25.9 Å². The van der Waals surface area contributed by atoms with Crippen molar-refractivity contribution in [3.05, 3.63) is 29.8 Å². The van der Waals surface area contributed by atoms with E-state index in [4.69, 9.17) is 5.26 Å². The van der Waals surface area contributed by atoms with Gasteiger partial charge in [0.2, 0.25) is 20.0 Å². The van der Waals surface area contributed by atoms with Gasteiger partial charge in [0.15, 0.2) is 0 Å². The molecule has 1 aromatic carbocycles. The molecule has 22 heavy (non-hydrogen) atoms. The van der Waals surface area contributed by atoms with E-state index in [0.717, 1.165) is 6.26 Å². The van der Waals surface area contributed by atoms with Gasteiger partial charge in [-0.1, -0.05) is 6.07 Å². The van der Waals surface area contributed by atoms with Gasteiger partial charge >= 0.3 is 0 Å². The summed E-state index contributed by atoms with van der Waals surface area (Å²) in [5, 5.41) is 8.83. The van der Waals surface area contributed by atoms with Crippen LogP contribution in [0.1, 0.15) is 18.4 Å². The van der Waals surface area contributed by atoms with Crippen molar-refractivity contribution in [1.29, 1.82) is 5.26 Å². The van der Waals surface area contributed by atoms with Crippen molar-refractivity contribution >= 4 is 20.0 Å². The van der Waals surface area contributed by atoms with Gasteiger partial charge in [0, 0.05) is 19.1 Å². The zero-order valence-electron chi connectivity index (χ0n) is 12.1. The Morgan fingerprint density at radius 2 is 1.86 bits per heavy atom. The molecule has 0 aliphatic carbocycles. The Kier molecular flexibility index (Phi) is 4.87. The zero-order chi connectivity index (χ0) is 16.4. The second kappa shape index (κ2) is 6.34. The van der Waals surface area contributed by atoms with Crippen LogP contribution in [0.15, 0.2) is 29.2 Å². The van der Waals surface area contributed by atoms with Crippen LogP contribution in [-0.4, -0.2) is 46.5 Å². The summed E-state index contributed by atoms with van der Waals surface area (Å²) in [6.45, 7) is 0.592. The summed E-state index contributed by atoms with van der Waals surface area (Å²) >= 11 is 0. The Morgan fingerprint density at radius 1 is 1.23 bits per heavy atom. The summed E-state index contributed by atoms with van der Waals surface area (Å²) in [5.41, 5.74) is 0.273. The molecular formula is C13H17N3O4S2. The lowest BCUT2D eigenvalue weighted by Gasteiger charge is -2.30. The third-order valence-electron chi connectivity index (χ3n) is 3.52. The molecule has 0 aromatic heterocycles. The van der Waals surface area contributed by atoms with Gasteiger partial charge in [0.05, 0.1) is 22.8 Å².